The second kappa shape index (κ2) is 3.88. The smallest absolute Gasteiger partial charge is 0.416 e. The van der Waals surface area contributed by atoms with E-state index in [4.69, 9.17) is 10.2 Å². The lowest BCUT2D eigenvalue weighted by Gasteiger charge is -2.11. The lowest BCUT2D eigenvalue weighted by Crippen LogP contribution is -2.10. The summed E-state index contributed by atoms with van der Waals surface area (Å²) in [5, 5.41) is 17.7. The maximum absolute atomic E-state index is 12.3. The van der Waals surface area contributed by atoms with Gasteiger partial charge in [0, 0.05) is 0 Å². The van der Waals surface area contributed by atoms with Crippen LogP contribution in [0.1, 0.15) is 15.9 Å². The van der Waals surface area contributed by atoms with Crippen LogP contribution in [0.25, 0.3) is 5.57 Å². The summed E-state index contributed by atoms with van der Waals surface area (Å²) >= 11 is 0. The quantitative estimate of drug-likeness (QED) is 0.824. The van der Waals surface area contributed by atoms with E-state index in [2.05, 4.69) is 6.58 Å². The molecule has 0 spiro atoms. The van der Waals surface area contributed by atoms with Gasteiger partial charge in [0.2, 0.25) is 0 Å². The van der Waals surface area contributed by atoms with Crippen LogP contribution in [-0.4, -0.2) is 22.4 Å². The highest BCUT2D eigenvalue weighted by Gasteiger charge is 2.33. The zero-order valence-corrected chi connectivity index (χ0v) is 7.88. The van der Waals surface area contributed by atoms with Crippen LogP contribution in [0.4, 0.5) is 13.2 Å². The Balaban J connectivity index is 3.24. The Morgan fingerprint density at radius 1 is 1.31 bits per heavy atom. The first kappa shape index (κ1) is 12.1. The number of alkyl halides is 3. The van der Waals surface area contributed by atoms with Crippen LogP contribution in [0.2, 0.25) is 0 Å². The normalized spacial score (nSPS) is 11.2. The summed E-state index contributed by atoms with van der Waals surface area (Å²) in [5.41, 5.74) is -2.14. The van der Waals surface area contributed by atoms with Crippen molar-refractivity contribution < 1.29 is 28.2 Å². The average Bonchev–Trinajstić information content (AvgIpc) is 2.15. The van der Waals surface area contributed by atoms with Gasteiger partial charge in [-0.05, 0) is 17.7 Å². The highest BCUT2D eigenvalue weighted by atomic mass is 19.4. The van der Waals surface area contributed by atoms with Crippen molar-refractivity contribution >= 4 is 11.5 Å². The number of phenols is 1. The second-order valence-corrected chi connectivity index (χ2v) is 3.01. The first-order valence-corrected chi connectivity index (χ1v) is 4.06. The van der Waals surface area contributed by atoms with E-state index in [1.807, 2.05) is 0 Å². The molecule has 1 rings (SSSR count). The topological polar surface area (TPSA) is 57.5 Å². The van der Waals surface area contributed by atoms with E-state index in [-0.39, 0.29) is 5.56 Å². The first-order valence-electron chi connectivity index (χ1n) is 4.06. The van der Waals surface area contributed by atoms with Gasteiger partial charge in [-0.25, -0.2) is 4.79 Å². The van der Waals surface area contributed by atoms with Gasteiger partial charge in [0.25, 0.3) is 0 Å². The van der Waals surface area contributed by atoms with Gasteiger partial charge in [-0.15, -0.1) is 0 Å². The second-order valence-electron chi connectivity index (χ2n) is 3.01. The van der Waals surface area contributed by atoms with Gasteiger partial charge in [-0.3, -0.25) is 0 Å². The van der Waals surface area contributed by atoms with Crippen LogP contribution in [0, 0.1) is 0 Å². The number of carbonyl (C=O) groups is 1. The molecule has 0 fully saturated rings. The van der Waals surface area contributed by atoms with Crippen LogP contribution >= 0.6 is 0 Å². The molecule has 0 bridgehead atoms. The van der Waals surface area contributed by atoms with Crippen molar-refractivity contribution in [2.75, 3.05) is 0 Å². The first-order chi connectivity index (χ1) is 7.23. The zero-order chi connectivity index (χ0) is 12.5. The lowest BCUT2D eigenvalue weighted by molar-refractivity contribution is -0.0686. The van der Waals surface area contributed by atoms with Crippen molar-refractivity contribution in [2.45, 2.75) is 6.18 Å². The highest BCUT2D eigenvalue weighted by Crippen LogP contribution is 2.33. The summed E-state index contributed by atoms with van der Waals surface area (Å²) in [4.78, 5) is 10.6. The number of carboxylic acid groups (broad SMARTS) is 1. The Hall–Kier alpha value is -1.98. The molecular formula is C10H7F3O3. The number of halogens is 3. The Labute approximate surface area is 88.4 Å². The standard InChI is InChI=1S/C10H7F3O3/c1-5(10(11,12)13)6-2-3-8(14)7(4-6)9(15)16/h2-4,14H,1H2,(H,15,16). The fraction of sp³-hybridized carbons (Fsp3) is 0.100. The number of hydrogen-bond donors (Lipinski definition) is 2. The van der Waals surface area contributed by atoms with E-state index in [0.29, 0.717) is 0 Å². The number of allylic oxidation sites excluding steroid dienone is 1. The van der Waals surface area contributed by atoms with E-state index in [0.717, 1.165) is 18.2 Å². The van der Waals surface area contributed by atoms with Gasteiger partial charge in [0.1, 0.15) is 11.3 Å². The molecule has 0 saturated heterocycles. The third-order valence-corrected chi connectivity index (χ3v) is 1.92. The molecule has 6 heteroatoms. The minimum atomic E-state index is -4.63. The minimum Gasteiger partial charge on any atom is -0.507 e. The number of rotatable bonds is 2. The van der Waals surface area contributed by atoms with Crippen LogP contribution in [0.3, 0.4) is 0 Å². The predicted molar refractivity (Wildman–Crippen MR) is 50.2 cm³/mol. The van der Waals surface area contributed by atoms with Gasteiger partial charge < -0.3 is 10.2 Å². The molecule has 2 N–H and O–H groups in total. The predicted octanol–water partition coefficient (Wildman–Crippen LogP) is 2.67. The van der Waals surface area contributed by atoms with Crippen molar-refractivity contribution in [2.24, 2.45) is 0 Å². The number of aromatic carboxylic acids is 1. The van der Waals surface area contributed by atoms with Crippen molar-refractivity contribution in [1.82, 2.24) is 0 Å². The molecule has 0 saturated carbocycles. The molecule has 0 aliphatic heterocycles. The van der Waals surface area contributed by atoms with Crippen molar-refractivity contribution in [3.63, 3.8) is 0 Å². The van der Waals surface area contributed by atoms with Crippen LogP contribution in [0.15, 0.2) is 24.8 Å². The van der Waals surface area contributed by atoms with E-state index in [1.54, 1.807) is 0 Å². The Morgan fingerprint density at radius 3 is 2.31 bits per heavy atom. The summed E-state index contributed by atoms with van der Waals surface area (Å²) in [6, 6.07) is 2.57. The zero-order valence-electron chi connectivity index (χ0n) is 7.88. The van der Waals surface area contributed by atoms with E-state index >= 15 is 0 Å². The lowest BCUT2D eigenvalue weighted by atomic mass is 10.0. The molecule has 0 aliphatic carbocycles. The number of benzene rings is 1. The van der Waals surface area contributed by atoms with Crippen molar-refractivity contribution in [1.29, 1.82) is 0 Å². The Morgan fingerprint density at radius 2 is 1.88 bits per heavy atom. The summed E-state index contributed by atoms with van der Waals surface area (Å²) in [6.45, 7) is 2.83. The monoisotopic (exact) mass is 232 g/mol. The number of aromatic hydroxyl groups is 1. The molecule has 0 atom stereocenters. The third kappa shape index (κ3) is 2.33. The molecule has 0 radical (unpaired) electrons. The van der Waals surface area contributed by atoms with Crippen LogP contribution in [-0.2, 0) is 0 Å². The Bertz CT molecular complexity index is 449. The minimum absolute atomic E-state index is 0.386. The molecule has 86 valence electrons. The van der Waals surface area contributed by atoms with Gasteiger partial charge in [0.05, 0.1) is 5.57 Å². The molecule has 1 aromatic carbocycles. The highest BCUT2D eigenvalue weighted by molar-refractivity contribution is 5.92. The van der Waals surface area contributed by atoms with E-state index in [9.17, 15) is 18.0 Å². The van der Waals surface area contributed by atoms with E-state index in [1.165, 1.54) is 0 Å². The molecule has 0 aromatic heterocycles. The summed E-state index contributed by atoms with van der Waals surface area (Å²) in [6.07, 6.45) is -4.63. The van der Waals surface area contributed by atoms with Gasteiger partial charge in [0.15, 0.2) is 0 Å². The van der Waals surface area contributed by atoms with Gasteiger partial charge in [-0.2, -0.15) is 13.2 Å². The summed E-state index contributed by atoms with van der Waals surface area (Å²) in [5.74, 6) is -2.10. The maximum Gasteiger partial charge on any atom is 0.416 e. The fourth-order valence-electron chi connectivity index (χ4n) is 1.06. The van der Waals surface area contributed by atoms with Crippen LogP contribution in [0.5, 0.6) is 5.75 Å². The van der Waals surface area contributed by atoms with E-state index < -0.39 is 29.0 Å². The molecule has 0 aliphatic rings. The molecule has 3 nitrogen and oxygen atoms in total. The number of hydrogen-bond acceptors (Lipinski definition) is 2. The SMILES string of the molecule is C=C(c1ccc(O)c(C(=O)O)c1)C(F)(F)F. The Kier molecular flexibility index (Phi) is 2.93. The summed E-state index contributed by atoms with van der Waals surface area (Å²) < 4.78 is 36.8. The largest absolute Gasteiger partial charge is 0.507 e. The average molecular weight is 232 g/mol. The van der Waals surface area contributed by atoms with Gasteiger partial charge in [-0.1, -0.05) is 12.6 Å². The maximum atomic E-state index is 12.3. The fourth-order valence-corrected chi connectivity index (χ4v) is 1.06. The van der Waals surface area contributed by atoms with Gasteiger partial charge >= 0.3 is 12.1 Å². The molecule has 16 heavy (non-hydrogen) atoms. The molecule has 0 unspecified atom stereocenters. The molecule has 0 amide bonds. The van der Waals surface area contributed by atoms with Crippen molar-refractivity contribution in [3.8, 4) is 5.75 Å². The number of carboxylic acids is 1. The van der Waals surface area contributed by atoms with Crippen LogP contribution < -0.4 is 0 Å². The summed E-state index contributed by atoms with van der Waals surface area (Å²) in [7, 11) is 0. The molecular weight excluding hydrogens is 225 g/mol. The van der Waals surface area contributed by atoms with Crippen molar-refractivity contribution in [3.05, 3.63) is 35.9 Å². The molecule has 1 aromatic rings. The molecule has 0 heterocycles. The third-order valence-electron chi connectivity index (χ3n) is 1.92.